The van der Waals surface area contributed by atoms with Crippen LogP contribution in [0.1, 0.15) is 25.3 Å². The van der Waals surface area contributed by atoms with Gasteiger partial charge in [0.25, 0.3) is 0 Å². The van der Waals surface area contributed by atoms with Crippen LogP contribution in [0, 0.1) is 5.92 Å². The van der Waals surface area contributed by atoms with Crippen LogP contribution in [0.5, 0.6) is 0 Å². The Morgan fingerprint density at radius 1 is 1.43 bits per heavy atom. The topological polar surface area (TPSA) is 75.4 Å². The molecule has 0 bridgehead atoms. The van der Waals surface area contributed by atoms with Crippen LogP contribution < -0.4 is 11.1 Å². The first-order valence-corrected chi connectivity index (χ1v) is 9.23. The Labute approximate surface area is 142 Å². The molecule has 1 saturated heterocycles. The van der Waals surface area contributed by atoms with Gasteiger partial charge in [-0.05, 0) is 44.2 Å². The second-order valence-electron chi connectivity index (χ2n) is 6.00. The molecule has 0 saturated carbocycles. The van der Waals surface area contributed by atoms with Crippen molar-refractivity contribution < 1.29 is 9.59 Å². The number of rotatable bonds is 6. The number of piperidine rings is 1. The maximum atomic E-state index is 12.1. The van der Waals surface area contributed by atoms with Crippen molar-refractivity contribution in [3.05, 3.63) is 29.8 Å². The van der Waals surface area contributed by atoms with E-state index in [1.165, 1.54) is 11.8 Å². The Balaban J connectivity index is 2.05. The number of likely N-dealkylation sites (tertiary alicyclic amines) is 1. The highest BCUT2D eigenvalue weighted by molar-refractivity contribution is 7.99. The lowest BCUT2D eigenvalue weighted by molar-refractivity contribution is -0.123. The Morgan fingerprint density at radius 3 is 2.87 bits per heavy atom. The first-order valence-electron chi connectivity index (χ1n) is 7.94. The van der Waals surface area contributed by atoms with E-state index in [9.17, 15) is 9.59 Å². The number of hydrogen-bond acceptors (Lipinski definition) is 4. The molecule has 126 valence electrons. The molecule has 3 N–H and O–H groups in total. The van der Waals surface area contributed by atoms with E-state index in [4.69, 9.17) is 5.73 Å². The van der Waals surface area contributed by atoms with Crippen LogP contribution in [0.15, 0.2) is 24.3 Å². The summed E-state index contributed by atoms with van der Waals surface area (Å²) in [5.41, 5.74) is 7.36. The molecule has 23 heavy (non-hydrogen) atoms. The van der Waals surface area contributed by atoms with Gasteiger partial charge in [0.1, 0.15) is 0 Å². The van der Waals surface area contributed by atoms with E-state index < -0.39 is 0 Å². The molecule has 0 aromatic heterocycles. The maximum Gasteiger partial charge on any atom is 0.237 e. The van der Waals surface area contributed by atoms with Crippen LogP contribution in [0.4, 0.5) is 5.69 Å². The lowest BCUT2D eigenvalue weighted by atomic mass is 9.97. The van der Waals surface area contributed by atoms with Crippen LogP contribution in [-0.4, -0.2) is 41.3 Å². The van der Waals surface area contributed by atoms with E-state index in [1.807, 2.05) is 37.4 Å². The highest BCUT2D eigenvalue weighted by Gasteiger charge is 2.24. The molecule has 1 fully saturated rings. The number of para-hydroxylation sites is 1. The largest absolute Gasteiger partial charge is 0.369 e. The molecule has 5 nitrogen and oxygen atoms in total. The number of primary amides is 1. The molecule has 0 aliphatic carbocycles. The summed E-state index contributed by atoms with van der Waals surface area (Å²) >= 11 is 1.52. The fourth-order valence-corrected chi connectivity index (χ4v) is 3.07. The molecular formula is C17H25N3O2S. The number of anilines is 1. The molecule has 1 aromatic carbocycles. The summed E-state index contributed by atoms with van der Waals surface area (Å²) in [4.78, 5) is 25.8. The highest BCUT2D eigenvalue weighted by Crippen LogP contribution is 2.22. The van der Waals surface area contributed by atoms with Gasteiger partial charge in [-0.15, -0.1) is 0 Å². The third-order valence-corrected chi connectivity index (χ3v) is 5.22. The van der Waals surface area contributed by atoms with Crippen molar-refractivity contribution in [2.45, 2.75) is 31.6 Å². The summed E-state index contributed by atoms with van der Waals surface area (Å²) in [6.45, 7) is 4.25. The van der Waals surface area contributed by atoms with Crippen LogP contribution in [0.2, 0.25) is 0 Å². The van der Waals surface area contributed by atoms with Crippen molar-refractivity contribution in [2.75, 3.05) is 24.7 Å². The quantitative estimate of drug-likeness (QED) is 0.834. The van der Waals surface area contributed by atoms with Gasteiger partial charge in [0.05, 0.1) is 11.2 Å². The zero-order chi connectivity index (χ0) is 16.8. The van der Waals surface area contributed by atoms with Crippen molar-refractivity contribution >= 4 is 29.3 Å². The van der Waals surface area contributed by atoms with Gasteiger partial charge in [-0.3, -0.25) is 14.5 Å². The predicted octanol–water partition coefficient (Wildman–Crippen LogP) is 2.07. The molecule has 2 rings (SSSR count). The second kappa shape index (κ2) is 8.36. The Morgan fingerprint density at radius 2 is 2.17 bits per heavy atom. The minimum Gasteiger partial charge on any atom is -0.369 e. The van der Waals surface area contributed by atoms with Crippen LogP contribution in [0.25, 0.3) is 0 Å². The molecule has 2 amide bonds. The average Bonchev–Trinajstić information content (AvgIpc) is 2.56. The summed E-state index contributed by atoms with van der Waals surface area (Å²) in [6, 6.07) is 7.84. The normalized spacial score (nSPS) is 20.0. The van der Waals surface area contributed by atoms with Crippen molar-refractivity contribution in [1.29, 1.82) is 0 Å². The molecule has 0 unspecified atom stereocenters. The van der Waals surface area contributed by atoms with E-state index in [0.717, 1.165) is 30.6 Å². The third kappa shape index (κ3) is 4.97. The van der Waals surface area contributed by atoms with Crippen LogP contribution in [-0.2, 0) is 16.1 Å². The van der Waals surface area contributed by atoms with E-state index >= 15 is 0 Å². The van der Waals surface area contributed by atoms with Crippen LogP contribution >= 0.6 is 11.8 Å². The van der Waals surface area contributed by atoms with Gasteiger partial charge in [-0.1, -0.05) is 18.2 Å². The maximum absolute atomic E-state index is 12.1. The Kier molecular flexibility index (Phi) is 6.47. The zero-order valence-electron chi connectivity index (χ0n) is 13.7. The van der Waals surface area contributed by atoms with E-state index in [0.29, 0.717) is 13.1 Å². The number of carbonyl (C=O) groups is 2. The van der Waals surface area contributed by atoms with E-state index in [-0.39, 0.29) is 23.0 Å². The fraction of sp³-hybridized carbons (Fsp3) is 0.529. The number of thioether (sulfide) groups is 1. The number of nitrogens with one attached hydrogen (secondary N) is 1. The summed E-state index contributed by atoms with van der Waals surface area (Å²) in [6.07, 6.45) is 3.77. The molecule has 6 heteroatoms. The summed E-state index contributed by atoms with van der Waals surface area (Å²) in [5, 5.41) is 2.92. The monoisotopic (exact) mass is 335 g/mol. The Bertz CT molecular complexity index is 565. The molecule has 0 spiro atoms. The average molecular weight is 335 g/mol. The lowest BCUT2D eigenvalue weighted by Gasteiger charge is -2.31. The number of hydrogen-bond donors (Lipinski definition) is 2. The Hall–Kier alpha value is -1.53. The van der Waals surface area contributed by atoms with Gasteiger partial charge in [0.15, 0.2) is 0 Å². The molecule has 1 aliphatic heterocycles. The molecule has 0 radical (unpaired) electrons. The van der Waals surface area contributed by atoms with Crippen LogP contribution in [0.3, 0.4) is 0 Å². The molecular weight excluding hydrogens is 310 g/mol. The van der Waals surface area contributed by atoms with Crippen molar-refractivity contribution in [2.24, 2.45) is 11.7 Å². The smallest absolute Gasteiger partial charge is 0.237 e. The molecule has 1 heterocycles. The predicted molar refractivity (Wildman–Crippen MR) is 95.2 cm³/mol. The number of amides is 2. The van der Waals surface area contributed by atoms with E-state index in [1.54, 1.807) is 0 Å². The number of nitrogens with zero attached hydrogens (tertiary/aromatic N) is 1. The van der Waals surface area contributed by atoms with Crippen molar-refractivity contribution in [3.63, 3.8) is 0 Å². The summed E-state index contributed by atoms with van der Waals surface area (Å²) < 4.78 is 0. The fourth-order valence-electron chi connectivity index (χ4n) is 2.79. The molecule has 2 atom stereocenters. The van der Waals surface area contributed by atoms with Gasteiger partial charge in [-0.2, -0.15) is 11.8 Å². The lowest BCUT2D eigenvalue weighted by Crippen LogP contribution is -2.40. The second-order valence-corrected chi connectivity index (χ2v) is 7.18. The van der Waals surface area contributed by atoms with Gasteiger partial charge < -0.3 is 11.1 Å². The van der Waals surface area contributed by atoms with E-state index in [2.05, 4.69) is 10.2 Å². The summed E-state index contributed by atoms with van der Waals surface area (Å²) in [7, 11) is 0. The third-order valence-electron chi connectivity index (χ3n) is 4.30. The minimum absolute atomic E-state index is 0.0126. The molecule has 1 aliphatic rings. The zero-order valence-corrected chi connectivity index (χ0v) is 14.6. The van der Waals surface area contributed by atoms with Gasteiger partial charge in [-0.25, -0.2) is 0 Å². The number of benzene rings is 1. The number of carbonyl (C=O) groups excluding carboxylic acids is 2. The number of nitrogens with two attached hydrogens (primary N) is 1. The first kappa shape index (κ1) is 17.8. The minimum atomic E-state index is -0.218. The first-order chi connectivity index (χ1) is 11.0. The summed E-state index contributed by atoms with van der Waals surface area (Å²) in [5.74, 6) is -0.272. The van der Waals surface area contributed by atoms with Crippen molar-refractivity contribution in [3.8, 4) is 0 Å². The van der Waals surface area contributed by atoms with Gasteiger partial charge in [0, 0.05) is 18.8 Å². The SMILES string of the molecule is CS[C@H](C)C(=O)Nc1ccccc1CN1CCC[C@H](C(N)=O)C1. The van der Waals surface area contributed by atoms with Gasteiger partial charge in [0.2, 0.25) is 11.8 Å². The highest BCUT2D eigenvalue weighted by atomic mass is 32.2. The molecule has 1 aromatic rings. The van der Waals surface area contributed by atoms with Gasteiger partial charge >= 0.3 is 0 Å². The standard InChI is InChI=1S/C17H25N3O2S/c1-12(23-2)17(22)19-15-8-4-3-6-13(15)10-20-9-5-7-14(11-20)16(18)21/h3-4,6,8,12,14H,5,7,9-11H2,1-2H3,(H2,18,21)(H,19,22)/t12-,14+/m1/s1. The van der Waals surface area contributed by atoms with Crippen molar-refractivity contribution in [1.82, 2.24) is 4.90 Å².